The van der Waals surface area contributed by atoms with E-state index in [9.17, 15) is 22.8 Å². The first kappa shape index (κ1) is 25.0. The van der Waals surface area contributed by atoms with Gasteiger partial charge in [0, 0.05) is 25.8 Å². The molecule has 34 heavy (non-hydrogen) atoms. The minimum atomic E-state index is -4.58. The fourth-order valence-electron chi connectivity index (χ4n) is 3.36. The Morgan fingerprint density at radius 1 is 0.941 bits per heavy atom. The molecule has 0 aliphatic rings. The number of rotatable bonds is 10. The lowest BCUT2D eigenvalue weighted by atomic mass is 10.1. The number of hydrogen-bond donors (Lipinski definition) is 0. The molecule has 0 spiro atoms. The molecule has 0 saturated heterocycles. The number of carbonyl (C=O) groups excluding carboxylic acids is 2. The second-order valence-electron chi connectivity index (χ2n) is 7.61. The maximum Gasteiger partial charge on any atom is 0.416 e. The fourth-order valence-corrected chi connectivity index (χ4v) is 3.36. The SMILES string of the molecule is COCCN(CC(=O)N(Cc1ccccc1)Cc1ccco1)C(=O)c1cccc(C(F)(F)F)c1. The van der Waals surface area contributed by atoms with Crippen LogP contribution in [0.5, 0.6) is 0 Å². The van der Waals surface area contributed by atoms with Crippen LogP contribution in [0.2, 0.25) is 0 Å². The van der Waals surface area contributed by atoms with Gasteiger partial charge in [0.05, 0.1) is 25.0 Å². The van der Waals surface area contributed by atoms with E-state index in [1.165, 1.54) is 35.3 Å². The van der Waals surface area contributed by atoms with Gasteiger partial charge in [0.2, 0.25) is 5.91 Å². The summed E-state index contributed by atoms with van der Waals surface area (Å²) in [6, 6.07) is 16.9. The molecule has 0 radical (unpaired) electrons. The van der Waals surface area contributed by atoms with Crippen LogP contribution in [0.25, 0.3) is 0 Å². The van der Waals surface area contributed by atoms with Crippen LogP contribution in [0.4, 0.5) is 13.2 Å². The summed E-state index contributed by atoms with van der Waals surface area (Å²) in [6.45, 7) is 0.283. The predicted molar refractivity (Wildman–Crippen MR) is 119 cm³/mol. The summed E-state index contributed by atoms with van der Waals surface area (Å²) in [5.74, 6) is -0.497. The van der Waals surface area contributed by atoms with E-state index in [4.69, 9.17) is 9.15 Å². The summed E-state index contributed by atoms with van der Waals surface area (Å²) in [5.41, 5.74) is -0.200. The van der Waals surface area contributed by atoms with Crippen LogP contribution >= 0.6 is 0 Å². The highest BCUT2D eigenvalue weighted by molar-refractivity contribution is 5.96. The zero-order chi connectivity index (χ0) is 24.6. The third-order valence-corrected chi connectivity index (χ3v) is 5.11. The first-order valence-electron chi connectivity index (χ1n) is 10.6. The Morgan fingerprint density at radius 2 is 1.71 bits per heavy atom. The lowest BCUT2D eigenvalue weighted by Crippen LogP contribution is -2.43. The zero-order valence-corrected chi connectivity index (χ0v) is 18.6. The Kier molecular flexibility index (Phi) is 8.48. The second-order valence-corrected chi connectivity index (χ2v) is 7.61. The highest BCUT2D eigenvalue weighted by atomic mass is 19.4. The van der Waals surface area contributed by atoms with E-state index in [0.717, 1.165) is 17.7 Å². The Balaban J connectivity index is 1.82. The molecular formula is C25H25F3N2O4. The summed E-state index contributed by atoms with van der Waals surface area (Å²) in [5, 5.41) is 0. The van der Waals surface area contributed by atoms with Crippen molar-refractivity contribution in [3.63, 3.8) is 0 Å². The maximum atomic E-state index is 13.3. The van der Waals surface area contributed by atoms with Gasteiger partial charge in [0.1, 0.15) is 12.3 Å². The molecule has 0 aliphatic carbocycles. The van der Waals surface area contributed by atoms with Crippen molar-refractivity contribution in [2.24, 2.45) is 0 Å². The third-order valence-electron chi connectivity index (χ3n) is 5.11. The quantitative estimate of drug-likeness (QED) is 0.430. The molecule has 2 amide bonds. The smallest absolute Gasteiger partial charge is 0.416 e. The molecule has 9 heteroatoms. The van der Waals surface area contributed by atoms with Gasteiger partial charge in [-0.1, -0.05) is 36.4 Å². The monoisotopic (exact) mass is 474 g/mol. The van der Waals surface area contributed by atoms with Gasteiger partial charge in [0.15, 0.2) is 0 Å². The number of benzene rings is 2. The fraction of sp³-hybridized carbons (Fsp3) is 0.280. The minimum absolute atomic E-state index is 0.0389. The van der Waals surface area contributed by atoms with Gasteiger partial charge >= 0.3 is 6.18 Å². The average Bonchev–Trinajstić information content (AvgIpc) is 3.34. The Hall–Kier alpha value is -3.59. The van der Waals surface area contributed by atoms with Gasteiger partial charge in [-0.3, -0.25) is 9.59 Å². The summed E-state index contributed by atoms with van der Waals surface area (Å²) in [7, 11) is 1.44. The van der Waals surface area contributed by atoms with Crippen LogP contribution in [0, 0.1) is 0 Å². The molecule has 1 aromatic heterocycles. The third kappa shape index (κ3) is 6.95. The standard InChI is InChI=1S/C25H25F3N2O4/c1-33-14-12-29(24(32)20-9-5-10-21(15-20)25(26,27)28)18-23(31)30(17-22-11-6-13-34-22)16-19-7-3-2-4-8-19/h2-11,13,15H,12,14,16-18H2,1H3. The van der Waals surface area contributed by atoms with E-state index in [0.29, 0.717) is 5.76 Å². The second kappa shape index (κ2) is 11.5. The van der Waals surface area contributed by atoms with Crippen LogP contribution in [-0.4, -0.2) is 48.4 Å². The Labute approximate surface area is 195 Å². The van der Waals surface area contributed by atoms with E-state index in [1.54, 1.807) is 12.1 Å². The van der Waals surface area contributed by atoms with E-state index in [1.807, 2.05) is 30.3 Å². The van der Waals surface area contributed by atoms with Crippen LogP contribution < -0.4 is 0 Å². The molecule has 1 heterocycles. The van der Waals surface area contributed by atoms with Crippen molar-refractivity contribution in [3.8, 4) is 0 Å². The number of methoxy groups -OCH3 is 1. The van der Waals surface area contributed by atoms with Crippen molar-refractivity contribution in [2.45, 2.75) is 19.3 Å². The van der Waals surface area contributed by atoms with Gasteiger partial charge in [-0.05, 0) is 35.9 Å². The molecule has 3 aromatic rings. The van der Waals surface area contributed by atoms with Crippen molar-refractivity contribution in [2.75, 3.05) is 26.8 Å². The molecule has 2 aromatic carbocycles. The number of furan rings is 1. The number of halogens is 3. The Morgan fingerprint density at radius 3 is 2.35 bits per heavy atom. The van der Waals surface area contributed by atoms with Crippen molar-refractivity contribution < 1.29 is 31.9 Å². The largest absolute Gasteiger partial charge is 0.467 e. The molecule has 0 atom stereocenters. The lowest BCUT2D eigenvalue weighted by Gasteiger charge is -2.27. The van der Waals surface area contributed by atoms with E-state index in [-0.39, 0.29) is 44.3 Å². The normalized spacial score (nSPS) is 11.3. The van der Waals surface area contributed by atoms with Crippen molar-refractivity contribution in [3.05, 3.63) is 95.4 Å². The molecule has 3 rings (SSSR count). The number of alkyl halides is 3. The van der Waals surface area contributed by atoms with Gasteiger partial charge in [0.25, 0.3) is 5.91 Å². The molecule has 0 unspecified atom stereocenters. The minimum Gasteiger partial charge on any atom is -0.467 e. The molecule has 0 N–H and O–H groups in total. The highest BCUT2D eigenvalue weighted by Crippen LogP contribution is 2.29. The number of ether oxygens (including phenoxy) is 1. The summed E-state index contributed by atoms with van der Waals surface area (Å²) >= 11 is 0. The average molecular weight is 474 g/mol. The number of nitrogens with zero attached hydrogens (tertiary/aromatic N) is 2. The van der Waals surface area contributed by atoms with E-state index < -0.39 is 17.6 Å². The molecular weight excluding hydrogens is 449 g/mol. The molecule has 0 bridgehead atoms. The van der Waals surface area contributed by atoms with Gasteiger partial charge in [-0.2, -0.15) is 13.2 Å². The van der Waals surface area contributed by atoms with Gasteiger partial charge in [-0.25, -0.2) is 0 Å². The van der Waals surface area contributed by atoms with Crippen LogP contribution in [0.1, 0.15) is 27.2 Å². The number of hydrogen-bond acceptors (Lipinski definition) is 4. The van der Waals surface area contributed by atoms with Crippen molar-refractivity contribution in [1.29, 1.82) is 0 Å². The van der Waals surface area contributed by atoms with Crippen molar-refractivity contribution >= 4 is 11.8 Å². The summed E-state index contributed by atoms with van der Waals surface area (Å²) in [6.07, 6.45) is -3.08. The number of amides is 2. The maximum absolute atomic E-state index is 13.3. The number of carbonyl (C=O) groups is 2. The zero-order valence-electron chi connectivity index (χ0n) is 18.6. The lowest BCUT2D eigenvalue weighted by molar-refractivity contribution is -0.137. The van der Waals surface area contributed by atoms with Crippen LogP contribution in [0.3, 0.4) is 0 Å². The van der Waals surface area contributed by atoms with Crippen molar-refractivity contribution in [1.82, 2.24) is 9.80 Å². The predicted octanol–water partition coefficient (Wildman–Crippen LogP) is 4.62. The molecule has 0 saturated carbocycles. The summed E-state index contributed by atoms with van der Waals surface area (Å²) < 4.78 is 49.8. The first-order chi connectivity index (χ1) is 16.3. The summed E-state index contributed by atoms with van der Waals surface area (Å²) in [4.78, 5) is 29.1. The van der Waals surface area contributed by atoms with Crippen LogP contribution in [0.15, 0.2) is 77.4 Å². The molecule has 0 aliphatic heterocycles. The molecule has 0 fully saturated rings. The first-order valence-corrected chi connectivity index (χ1v) is 10.6. The van der Waals surface area contributed by atoms with E-state index >= 15 is 0 Å². The van der Waals surface area contributed by atoms with E-state index in [2.05, 4.69) is 0 Å². The Bertz CT molecular complexity index is 1070. The van der Waals surface area contributed by atoms with Gasteiger partial charge in [-0.15, -0.1) is 0 Å². The van der Waals surface area contributed by atoms with Crippen LogP contribution in [-0.2, 0) is 28.8 Å². The molecule has 6 nitrogen and oxygen atoms in total. The topological polar surface area (TPSA) is 63.0 Å². The highest BCUT2D eigenvalue weighted by Gasteiger charge is 2.31. The van der Waals surface area contributed by atoms with Gasteiger partial charge < -0.3 is 19.0 Å². The molecule has 180 valence electrons.